The van der Waals surface area contributed by atoms with Crippen molar-refractivity contribution in [2.24, 2.45) is 5.92 Å². The van der Waals surface area contributed by atoms with Gasteiger partial charge in [-0.05, 0) is 49.7 Å². The van der Waals surface area contributed by atoms with Gasteiger partial charge < -0.3 is 10.6 Å². The summed E-state index contributed by atoms with van der Waals surface area (Å²) < 4.78 is 0. The van der Waals surface area contributed by atoms with Gasteiger partial charge in [0.2, 0.25) is 0 Å². The van der Waals surface area contributed by atoms with E-state index in [0.717, 1.165) is 42.3 Å². The van der Waals surface area contributed by atoms with Crippen LogP contribution in [0.4, 0.5) is 5.82 Å². The normalized spacial score (nSPS) is 16.6. The fourth-order valence-electron chi connectivity index (χ4n) is 3.07. The quantitative estimate of drug-likeness (QED) is 0.718. The van der Waals surface area contributed by atoms with E-state index in [1.165, 1.54) is 6.42 Å². The Bertz CT molecular complexity index is 861. The van der Waals surface area contributed by atoms with Gasteiger partial charge in [0, 0.05) is 41.2 Å². The summed E-state index contributed by atoms with van der Waals surface area (Å²) in [7, 11) is 0. The van der Waals surface area contributed by atoms with Crippen LogP contribution in [0.1, 0.15) is 6.42 Å². The molecule has 4 rings (SSSR count). The van der Waals surface area contributed by atoms with Crippen molar-refractivity contribution in [3.05, 3.63) is 59.9 Å². The summed E-state index contributed by atoms with van der Waals surface area (Å²) in [4.78, 5) is 13.6. The van der Waals surface area contributed by atoms with Gasteiger partial charge in [-0.3, -0.25) is 4.98 Å². The molecule has 0 saturated carbocycles. The van der Waals surface area contributed by atoms with Crippen LogP contribution in [0.25, 0.3) is 22.6 Å². The highest BCUT2D eigenvalue weighted by Crippen LogP contribution is 2.25. The van der Waals surface area contributed by atoms with E-state index >= 15 is 0 Å². The zero-order chi connectivity index (χ0) is 17.8. The minimum Gasteiger partial charge on any atom is -0.370 e. The molecule has 0 bridgehead atoms. The monoisotopic (exact) mass is 365 g/mol. The molecule has 1 atom stereocenters. The number of rotatable bonds is 5. The van der Waals surface area contributed by atoms with Crippen molar-refractivity contribution in [2.45, 2.75) is 6.42 Å². The van der Waals surface area contributed by atoms with Crippen LogP contribution in [0.2, 0.25) is 5.02 Å². The van der Waals surface area contributed by atoms with E-state index in [1.807, 2.05) is 42.5 Å². The van der Waals surface area contributed by atoms with Crippen molar-refractivity contribution < 1.29 is 0 Å². The zero-order valence-electron chi connectivity index (χ0n) is 14.3. The SMILES string of the molecule is Clc1ccc(-c2cc(NC[C@H]3CCNC3)nc(-c3cccnc3)n2)cc1. The largest absolute Gasteiger partial charge is 0.370 e. The summed E-state index contributed by atoms with van der Waals surface area (Å²) in [6.07, 6.45) is 4.72. The minimum atomic E-state index is 0.630. The smallest absolute Gasteiger partial charge is 0.163 e. The molecule has 3 heterocycles. The molecule has 5 nitrogen and oxygen atoms in total. The number of anilines is 1. The van der Waals surface area contributed by atoms with Crippen LogP contribution in [-0.4, -0.2) is 34.6 Å². The molecule has 26 heavy (non-hydrogen) atoms. The lowest BCUT2D eigenvalue weighted by Gasteiger charge is -2.13. The zero-order valence-corrected chi connectivity index (χ0v) is 15.1. The van der Waals surface area contributed by atoms with Crippen LogP contribution in [0.15, 0.2) is 54.9 Å². The number of nitrogens with one attached hydrogen (secondary N) is 2. The first kappa shape index (κ1) is 16.9. The number of aromatic nitrogens is 3. The van der Waals surface area contributed by atoms with Crippen molar-refractivity contribution in [1.82, 2.24) is 20.3 Å². The van der Waals surface area contributed by atoms with Crippen molar-refractivity contribution >= 4 is 17.4 Å². The number of halogens is 1. The molecular formula is C20H20ClN5. The van der Waals surface area contributed by atoms with Gasteiger partial charge in [0.25, 0.3) is 0 Å². The summed E-state index contributed by atoms with van der Waals surface area (Å²) in [5.74, 6) is 2.12. The van der Waals surface area contributed by atoms with E-state index in [0.29, 0.717) is 16.8 Å². The molecule has 1 aliphatic heterocycles. The van der Waals surface area contributed by atoms with E-state index in [1.54, 1.807) is 12.4 Å². The summed E-state index contributed by atoms with van der Waals surface area (Å²) in [6, 6.07) is 13.6. The average molecular weight is 366 g/mol. The lowest BCUT2D eigenvalue weighted by molar-refractivity contribution is 0.614. The predicted molar refractivity (Wildman–Crippen MR) is 105 cm³/mol. The Kier molecular flexibility index (Phi) is 5.09. The highest BCUT2D eigenvalue weighted by molar-refractivity contribution is 6.30. The second-order valence-corrected chi connectivity index (χ2v) is 6.89. The molecular weight excluding hydrogens is 346 g/mol. The van der Waals surface area contributed by atoms with Gasteiger partial charge in [0.05, 0.1) is 5.69 Å². The molecule has 1 fully saturated rings. The van der Waals surface area contributed by atoms with Gasteiger partial charge in [-0.1, -0.05) is 23.7 Å². The van der Waals surface area contributed by atoms with Gasteiger partial charge in [0.15, 0.2) is 5.82 Å². The maximum Gasteiger partial charge on any atom is 0.163 e. The van der Waals surface area contributed by atoms with E-state index in [-0.39, 0.29) is 0 Å². The number of hydrogen-bond acceptors (Lipinski definition) is 5. The van der Waals surface area contributed by atoms with Crippen LogP contribution >= 0.6 is 11.6 Å². The topological polar surface area (TPSA) is 62.7 Å². The lowest BCUT2D eigenvalue weighted by atomic mass is 10.1. The summed E-state index contributed by atoms with van der Waals surface area (Å²) >= 11 is 6.02. The Morgan fingerprint density at radius 2 is 2.00 bits per heavy atom. The van der Waals surface area contributed by atoms with Crippen LogP contribution in [-0.2, 0) is 0 Å². The number of hydrogen-bond donors (Lipinski definition) is 2. The predicted octanol–water partition coefficient (Wildman–Crippen LogP) is 3.88. The Morgan fingerprint density at radius 1 is 1.12 bits per heavy atom. The third kappa shape index (κ3) is 4.00. The van der Waals surface area contributed by atoms with Gasteiger partial charge in [-0.25, -0.2) is 9.97 Å². The van der Waals surface area contributed by atoms with Crippen LogP contribution in [0.3, 0.4) is 0 Å². The average Bonchev–Trinajstić information content (AvgIpc) is 3.21. The van der Waals surface area contributed by atoms with Crippen molar-refractivity contribution in [3.63, 3.8) is 0 Å². The molecule has 2 N–H and O–H groups in total. The molecule has 0 spiro atoms. The number of nitrogens with zero attached hydrogens (tertiary/aromatic N) is 3. The summed E-state index contributed by atoms with van der Waals surface area (Å²) in [5, 5.41) is 7.59. The van der Waals surface area contributed by atoms with Crippen LogP contribution in [0.5, 0.6) is 0 Å². The molecule has 2 aromatic heterocycles. The first-order valence-corrected chi connectivity index (χ1v) is 9.16. The molecule has 1 aliphatic rings. The van der Waals surface area contributed by atoms with E-state index in [9.17, 15) is 0 Å². The maximum atomic E-state index is 6.02. The van der Waals surface area contributed by atoms with Crippen LogP contribution < -0.4 is 10.6 Å². The second kappa shape index (κ2) is 7.81. The van der Waals surface area contributed by atoms with Gasteiger partial charge >= 0.3 is 0 Å². The van der Waals surface area contributed by atoms with E-state index in [2.05, 4.69) is 15.6 Å². The molecule has 0 radical (unpaired) electrons. The Balaban J connectivity index is 1.67. The maximum absolute atomic E-state index is 6.02. The molecule has 3 aromatic rings. The number of pyridine rings is 1. The highest BCUT2D eigenvalue weighted by Gasteiger charge is 2.15. The molecule has 1 saturated heterocycles. The van der Waals surface area contributed by atoms with Crippen LogP contribution in [0, 0.1) is 5.92 Å². The second-order valence-electron chi connectivity index (χ2n) is 6.45. The third-order valence-electron chi connectivity index (χ3n) is 4.52. The fraction of sp³-hybridized carbons (Fsp3) is 0.250. The lowest BCUT2D eigenvalue weighted by Crippen LogP contribution is -2.18. The number of benzene rings is 1. The van der Waals surface area contributed by atoms with Crippen molar-refractivity contribution in [2.75, 3.05) is 25.0 Å². The standard InChI is InChI=1S/C20H20ClN5/c21-17-5-3-15(4-6-17)18-10-19(24-12-14-7-9-23-11-14)26-20(25-18)16-2-1-8-22-13-16/h1-6,8,10,13-14,23H,7,9,11-12H2,(H,24,25,26)/t14-/m0/s1. The Labute approximate surface area is 157 Å². The minimum absolute atomic E-state index is 0.630. The molecule has 0 aliphatic carbocycles. The molecule has 0 unspecified atom stereocenters. The molecule has 0 amide bonds. The first-order valence-electron chi connectivity index (χ1n) is 8.78. The molecule has 1 aromatic carbocycles. The Morgan fingerprint density at radius 3 is 2.73 bits per heavy atom. The Hall–Kier alpha value is -2.50. The molecule has 6 heteroatoms. The van der Waals surface area contributed by atoms with E-state index < -0.39 is 0 Å². The third-order valence-corrected chi connectivity index (χ3v) is 4.77. The highest BCUT2D eigenvalue weighted by atomic mass is 35.5. The van der Waals surface area contributed by atoms with Gasteiger partial charge in [0.1, 0.15) is 5.82 Å². The van der Waals surface area contributed by atoms with Crippen molar-refractivity contribution in [3.8, 4) is 22.6 Å². The van der Waals surface area contributed by atoms with Gasteiger partial charge in [-0.15, -0.1) is 0 Å². The van der Waals surface area contributed by atoms with Gasteiger partial charge in [-0.2, -0.15) is 0 Å². The van der Waals surface area contributed by atoms with E-state index in [4.69, 9.17) is 21.6 Å². The molecule has 132 valence electrons. The van der Waals surface area contributed by atoms with Crippen molar-refractivity contribution in [1.29, 1.82) is 0 Å². The summed E-state index contributed by atoms with van der Waals surface area (Å²) in [5.41, 5.74) is 2.77. The first-order chi connectivity index (χ1) is 12.8. The fourth-order valence-corrected chi connectivity index (χ4v) is 3.19. The summed E-state index contributed by atoms with van der Waals surface area (Å²) in [6.45, 7) is 3.04.